The van der Waals surface area contributed by atoms with E-state index < -0.39 is 17.0 Å². The van der Waals surface area contributed by atoms with Crippen molar-refractivity contribution in [3.63, 3.8) is 0 Å². The molecule has 0 spiro atoms. The molecule has 2 rings (SSSR count). The SMILES string of the molecule is CCOC(=O)CC1CC(=O)c2cc([N+](=O)[O-])ccc2O1. The lowest BCUT2D eigenvalue weighted by atomic mass is 9.98. The zero-order chi connectivity index (χ0) is 14.7. The molecule has 1 atom stereocenters. The average Bonchev–Trinajstić information content (AvgIpc) is 2.38. The molecule has 7 nitrogen and oxygen atoms in total. The molecule has 1 aliphatic heterocycles. The molecular formula is C13H13NO6. The number of carbonyl (C=O) groups is 2. The third kappa shape index (κ3) is 2.93. The van der Waals surface area contributed by atoms with Gasteiger partial charge >= 0.3 is 5.97 Å². The Morgan fingerprint density at radius 3 is 2.95 bits per heavy atom. The van der Waals surface area contributed by atoms with Crippen LogP contribution in [0.1, 0.15) is 30.1 Å². The number of ketones is 1. The fourth-order valence-corrected chi connectivity index (χ4v) is 2.01. The van der Waals surface area contributed by atoms with Crippen LogP contribution < -0.4 is 4.74 Å². The smallest absolute Gasteiger partial charge is 0.309 e. The summed E-state index contributed by atoms with van der Waals surface area (Å²) in [6.07, 6.45) is -0.598. The Kier molecular flexibility index (Phi) is 3.97. The van der Waals surface area contributed by atoms with Crippen molar-refractivity contribution in [1.29, 1.82) is 0 Å². The van der Waals surface area contributed by atoms with E-state index in [2.05, 4.69) is 0 Å². The molecule has 0 radical (unpaired) electrons. The van der Waals surface area contributed by atoms with Gasteiger partial charge in [-0.3, -0.25) is 19.7 Å². The number of non-ortho nitro benzene ring substituents is 1. The van der Waals surface area contributed by atoms with Gasteiger partial charge in [0.2, 0.25) is 0 Å². The highest BCUT2D eigenvalue weighted by molar-refractivity contribution is 6.00. The molecule has 1 aliphatic rings. The molecule has 1 heterocycles. The quantitative estimate of drug-likeness (QED) is 0.474. The van der Waals surface area contributed by atoms with E-state index in [-0.39, 0.29) is 42.2 Å². The highest BCUT2D eigenvalue weighted by atomic mass is 16.6. The fraction of sp³-hybridized carbons (Fsp3) is 0.385. The van der Waals surface area contributed by atoms with Crippen LogP contribution in [0.2, 0.25) is 0 Å². The first-order valence-electron chi connectivity index (χ1n) is 6.15. The third-order valence-electron chi connectivity index (χ3n) is 2.88. The van der Waals surface area contributed by atoms with Crippen LogP contribution in [-0.2, 0) is 9.53 Å². The second-order valence-electron chi connectivity index (χ2n) is 4.31. The van der Waals surface area contributed by atoms with Crippen LogP contribution in [-0.4, -0.2) is 29.4 Å². The standard InChI is InChI=1S/C13H13NO6/c1-2-19-13(16)7-9-6-11(15)10-5-8(14(17)18)3-4-12(10)20-9/h3-5,9H,2,6-7H2,1H3. The lowest BCUT2D eigenvalue weighted by molar-refractivity contribution is -0.384. The zero-order valence-corrected chi connectivity index (χ0v) is 10.8. The second kappa shape index (κ2) is 5.68. The van der Waals surface area contributed by atoms with E-state index in [4.69, 9.17) is 9.47 Å². The number of hydrogen-bond donors (Lipinski definition) is 0. The second-order valence-corrected chi connectivity index (χ2v) is 4.31. The number of rotatable bonds is 4. The van der Waals surface area contributed by atoms with Crippen LogP contribution in [0.15, 0.2) is 18.2 Å². The molecule has 0 saturated heterocycles. The summed E-state index contributed by atoms with van der Waals surface area (Å²) in [5.74, 6) is -0.443. The maximum atomic E-state index is 12.0. The van der Waals surface area contributed by atoms with E-state index >= 15 is 0 Å². The molecule has 0 N–H and O–H groups in total. The number of nitro benzene ring substituents is 1. The molecule has 1 unspecified atom stereocenters. The number of fused-ring (bicyclic) bond motifs is 1. The number of ether oxygens (including phenoxy) is 2. The lowest BCUT2D eigenvalue weighted by Gasteiger charge is -2.24. The maximum absolute atomic E-state index is 12.0. The number of carbonyl (C=O) groups excluding carboxylic acids is 2. The Bertz CT molecular complexity index is 568. The maximum Gasteiger partial charge on any atom is 0.309 e. The molecular weight excluding hydrogens is 266 g/mol. The molecule has 0 fully saturated rings. The van der Waals surface area contributed by atoms with Crippen molar-refractivity contribution in [2.24, 2.45) is 0 Å². The Labute approximate surface area is 114 Å². The van der Waals surface area contributed by atoms with E-state index in [9.17, 15) is 19.7 Å². The third-order valence-corrected chi connectivity index (χ3v) is 2.88. The van der Waals surface area contributed by atoms with Gasteiger partial charge in [0.25, 0.3) is 5.69 Å². The van der Waals surface area contributed by atoms with E-state index in [1.807, 2.05) is 0 Å². The van der Waals surface area contributed by atoms with Crippen LogP contribution in [0.25, 0.3) is 0 Å². The summed E-state index contributed by atoms with van der Waals surface area (Å²) in [7, 11) is 0. The van der Waals surface area contributed by atoms with Crippen LogP contribution >= 0.6 is 0 Å². The molecule has 7 heteroatoms. The molecule has 0 aliphatic carbocycles. The van der Waals surface area contributed by atoms with E-state index in [1.54, 1.807) is 6.92 Å². The number of esters is 1. The number of hydrogen-bond acceptors (Lipinski definition) is 6. The van der Waals surface area contributed by atoms with Crippen molar-refractivity contribution in [3.8, 4) is 5.75 Å². The van der Waals surface area contributed by atoms with E-state index in [0.717, 1.165) is 0 Å². The number of benzene rings is 1. The summed E-state index contributed by atoms with van der Waals surface area (Å²) >= 11 is 0. The van der Waals surface area contributed by atoms with Gasteiger partial charge in [0.05, 0.1) is 23.5 Å². The number of nitro groups is 1. The zero-order valence-electron chi connectivity index (χ0n) is 10.8. The minimum Gasteiger partial charge on any atom is -0.489 e. The van der Waals surface area contributed by atoms with Crippen LogP contribution in [0.5, 0.6) is 5.75 Å². The van der Waals surface area contributed by atoms with Crippen LogP contribution in [0, 0.1) is 10.1 Å². The summed E-state index contributed by atoms with van der Waals surface area (Å²) in [6, 6.07) is 3.83. The molecule has 1 aromatic rings. The van der Waals surface area contributed by atoms with Gasteiger partial charge in [-0.15, -0.1) is 0 Å². The van der Waals surface area contributed by atoms with E-state index in [1.165, 1.54) is 18.2 Å². The number of Topliss-reactive ketones (excluding diaryl/α,β-unsaturated/α-hetero) is 1. The highest BCUT2D eigenvalue weighted by Gasteiger charge is 2.29. The van der Waals surface area contributed by atoms with Gasteiger partial charge in [0.15, 0.2) is 5.78 Å². The largest absolute Gasteiger partial charge is 0.489 e. The van der Waals surface area contributed by atoms with Gasteiger partial charge in [-0.2, -0.15) is 0 Å². The Hall–Kier alpha value is -2.44. The molecule has 0 aromatic heterocycles. The fourth-order valence-electron chi connectivity index (χ4n) is 2.01. The Balaban J connectivity index is 2.16. The lowest BCUT2D eigenvalue weighted by Crippen LogP contribution is -2.29. The molecule has 0 amide bonds. The predicted octanol–water partition coefficient (Wildman–Crippen LogP) is 1.88. The Morgan fingerprint density at radius 2 is 2.30 bits per heavy atom. The summed E-state index contributed by atoms with van der Waals surface area (Å²) < 4.78 is 10.3. The van der Waals surface area contributed by atoms with Crippen LogP contribution in [0.3, 0.4) is 0 Å². The minimum absolute atomic E-state index is 0.00693. The van der Waals surface area contributed by atoms with Gasteiger partial charge in [-0.25, -0.2) is 0 Å². The first-order valence-corrected chi connectivity index (χ1v) is 6.15. The van der Waals surface area contributed by atoms with Crippen molar-refractivity contribution < 1.29 is 24.0 Å². The first kappa shape index (κ1) is 14.0. The summed E-state index contributed by atoms with van der Waals surface area (Å²) in [5.41, 5.74) is 0.0175. The van der Waals surface area contributed by atoms with Crippen molar-refractivity contribution in [1.82, 2.24) is 0 Å². The predicted molar refractivity (Wildman–Crippen MR) is 67.7 cm³/mol. The summed E-state index contributed by atoms with van der Waals surface area (Å²) in [5, 5.41) is 10.7. The Morgan fingerprint density at radius 1 is 1.55 bits per heavy atom. The van der Waals surface area contributed by atoms with Gasteiger partial charge < -0.3 is 9.47 Å². The van der Waals surface area contributed by atoms with Gasteiger partial charge in [-0.1, -0.05) is 0 Å². The van der Waals surface area contributed by atoms with Crippen molar-refractivity contribution in [2.45, 2.75) is 25.9 Å². The van der Waals surface area contributed by atoms with Gasteiger partial charge in [0.1, 0.15) is 11.9 Å². The van der Waals surface area contributed by atoms with Gasteiger partial charge in [-0.05, 0) is 13.0 Å². The normalized spacial score (nSPS) is 17.1. The van der Waals surface area contributed by atoms with Crippen LogP contribution in [0.4, 0.5) is 5.69 Å². The molecule has 0 bridgehead atoms. The van der Waals surface area contributed by atoms with Crippen molar-refractivity contribution >= 4 is 17.4 Å². The summed E-state index contributed by atoms with van der Waals surface area (Å²) in [4.78, 5) is 33.4. The molecule has 1 aromatic carbocycles. The first-order chi connectivity index (χ1) is 9.51. The topological polar surface area (TPSA) is 95.7 Å². The molecule has 0 saturated carbocycles. The molecule has 20 heavy (non-hydrogen) atoms. The van der Waals surface area contributed by atoms with E-state index in [0.29, 0.717) is 0 Å². The highest BCUT2D eigenvalue weighted by Crippen LogP contribution is 2.31. The van der Waals surface area contributed by atoms with Crippen molar-refractivity contribution in [3.05, 3.63) is 33.9 Å². The number of nitrogens with zero attached hydrogens (tertiary/aromatic N) is 1. The molecule has 106 valence electrons. The summed E-state index contributed by atoms with van der Waals surface area (Å²) in [6.45, 7) is 1.96. The monoisotopic (exact) mass is 279 g/mol. The minimum atomic E-state index is -0.587. The average molecular weight is 279 g/mol. The van der Waals surface area contributed by atoms with Gasteiger partial charge in [0, 0.05) is 18.6 Å². The van der Waals surface area contributed by atoms with Crippen molar-refractivity contribution in [2.75, 3.05) is 6.61 Å².